The summed E-state index contributed by atoms with van der Waals surface area (Å²) in [5.41, 5.74) is 2.45. The Morgan fingerprint density at radius 2 is 2.12 bits per heavy atom. The first-order valence-corrected chi connectivity index (χ1v) is 7.97. The second kappa shape index (κ2) is 5.69. The number of anilines is 1. The Kier molecular flexibility index (Phi) is 3.94. The number of carbonyl (C=O) groups is 1. The molecule has 24 heavy (non-hydrogen) atoms. The third-order valence-electron chi connectivity index (χ3n) is 4.70. The molecule has 0 saturated carbocycles. The van der Waals surface area contributed by atoms with Crippen LogP contribution in [0.5, 0.6) is 0 Å². The second-order valence-electron chi connectivity index (χ2n) is 7.11. The fraction of sp³-hybridized carbons (Fsp3) is 0.444. The van der Waals surface area contributed by atoms with E-state index < -0.39 is 18.0 Å². The van der Waals surface area contributed by atoms with Crippen LogP contribution in [0.4, 0.5) is 14.5 Å². The highest BCUT2D eigenvalue weighted by molar-refractivity contribution is 6.05. The Balaban J connectivity index is 1.96. The van der Waals surface area contributed by atoms with Crippen molar-refractivity contribution in [2.24, 2.45) is 7.05 Å². The molecule has 0 saturated heterocycles. The van der Waals surface area contributed by atoms with Gasteiger partial charge in [0.2, 0.25) is 0 Å². The molecular formula is C18H21F2N3O. The molecule has 0 bridgehead atoms. The zero-order chi connectivity index (χ0) is 17.6. The molecule has 1 amide bonds. The van der Waals surface area contributed by atoms with Gasteiger partial charge < -0.3 is 5.32 Å². The van der Waals surface area contributed by atoms with Gasteiger partial charge in [0.1, 0.15) is 5.69 Å². The van der Waals surface area contributed by atoms with E-state index in [1.165, 1.54) is 23.5 Å². The van der Waals surface area contributed by atoms with Crippen LogP contribution in [0.1, 0.15) is 66.7 Å². The van der Waals surface area contributed by atoms with E-state index in [-0.39, 0.29) is 11.0 Å². The predicted octanol–water partition coefficient (Wildman–Crippen LogP) is 4.39. The molecule has 0 radical (unpaired) electrons. The van der Waals surface area contributed by atoms with Gasteiger partial charge in [-0.3, -0.25) is 9.48 Å². The Bertz CT molecular complexity index is 796. The van der Waals surface area contributed by atoms with Gasteiger partial charge in [-0.15, -0.1) is 0 Å². The van der Waals surface area contributed by atoms with Crippen molar-refractivity contribution in [3.8, 4) is 0 Å². The molecule has 1 heterocycles. The molecule has 3 rings (SSSR count). The van der Waals surface area contributed by atoms with E-state index in [4.69, 9.17) is 0 Å². The van der Waals surface area contributed by atoms with E-state index in [2.05, 4.69) is 37.3 Å². The SMILES string of the molecule is C[C@H]1CC(C)(C)c2cccc(NC(=O)c3cn(C)nc3C(F)F)c21. The maximum Gasteiger partial charge on any atom is 0.282 e. The molecule has 6 heteroatoms. The van der Waals surface area contributed by atoms with Crippen LogP contribution in [-0.2, 0) is 12.5 Å². The Morgan fingerprint density at radius 1 is 1.42 bits per heavy atom. The summed E-state index contributed by atoms with van der Waals surface area (Å²) in [6, 6.07) is 5.79. The van der Waals surface area contributed by atoms with Gasteiger partial charge in [-0.25, -0.2) is 8.78 Å². The molecule has 2 aromatic rings. The first kappa shape index (κ1) is 16.6. The van der Waals surface area contributed by atoms with E-state index in [9.17, 15) is 13.6 Å². The van der Waals surface area contributed by atoms with Gasteiger partial charge in [-0.2, -0.15) is 5.10 Å². The molecule has 1 aromatic heterocycles. The molecule has 1 aliphatic rings. The number of halogens is 2. The quantitative estimate of drug-likeness (QED) is 0.905. The molecule has 1 aromatic carbocycles. The van der Waals surface area contributed by atoms with Crippen LogP contribution in [0.3, 0.4) is 0 Å². The van der Waals surface area contributed by atoms with E-state index in [1.54, 1.807) is 0 Å². The minimum Gasteiger partial charge on any atom is -0.322 e. The highest BCUT2D eigenvalue weighted by atomic mass is 19.3. The standard InChI is InChI=1S/C18H21F2N3O/c1-10-8-18(2,3)12-6-5-7-13(14(10)12)21-17(24)11-9-23(4)22-15(11)16(19)20/h5-7,9-10,16H,8H2,1-4H3,(H,21,24)/t10-/m0/s1. The number of aryl methyl sites for hydroxylation is 1. The van der Waals surface area contributed by atoms with E-state index in [1.807, 2.05) is 12.1 Å². The van der Waals surface area contributed by atoms with E-state index >= 15 is 0 Å². The van der Waals surface area contributed by atoms with Crippen LogP contribution >= 0.6 is 0 Å². The van der Waals surface area contributed by atoms with Gasteiger partial charge in [0.15, 0.2) is 0 Å². The number of alkyl halides is 2. The monoisotopic (exact) mass is 333 g/mol. The number of fused-ring (bicyclic) bond motifs is 1. The topological polar surface area (TPSA) is 46.9 Å². The molecule has 1 atom stereocenters. The minimum absolute atomic E-state index is 0.0396. The van der Waals surface area contributed by atoms with Gasteiger partial charge in [0, 0.05) is 18.9 Å². The largest absolute Gasteiger partial charge is 0.322 e. The van der Waals surface area contributed by atoms with Crippen molar-refractivity contribution >= 4 is 11.6 Å². The van der Waals surface area contributed by atoms with Crippen molar-refractivity contribution < 1.29 is 13.6 Å². The van der Waals surface area contributed by atoms with E-state index in [0.29, 0.717) is 11.6 Å². The summed E-state index contributed by atoms with van der Waals surface area (Å²) in [6.45, 7) is 6.48. The molecule has 0 fully saturated rings. The third kappa shape index (κ3) is 2.70. The summed E-state index contributed by atoms with van der Waals surface area (Å²) in [5.74, 6) is -0.251. The summed E-state index contributed by atoms with van der Waals surface area (Å²) < 4.78 is 27.4. The normalized spacial score (nSPS) is 18.7. The number of hydrogen-bond donors (Lipinski definition) is 1. The maximum absolute atomic E-state index is 13.1. The molecule has 1 aliphatic carbocycles. The first-order chi connectivity index (χ1) is 11.2. The smallest absolute Gasteiger partial charge is 0.282 e. The molecule has 0 aliphatic heterocycles. The number of carbonyl (C=O) groups excluding carboxylic acids is 1. The zero-order valence-electron chi connectivity index (χ0n) is 14.2. The number of benzene rings is 1. The molecule has 0 spiro atoms. The van der Waals surface area contributed by atoms with Crippen molar-refractivity contribution in [2.45, 2.75) is 45.0 Å². The summed E-state index contributed by atoms with van der Waals surface area (Å²) in [6.07, 6.45) is -0.469. The fourth-order valence-electron chi connectivity index (χ4n) is 3.80. The van der Waals surface area contributed by atoms with Crippen LogP contribution in [0.2, 0.25) is 0 Å². The number of rotatable bonds is 3. The summed E-state index contributed by atoms with van der Waals surface area (Å²) in [7, 11) is 1.52. The van der Waals surface area contributed by atoms with Gasteiger partial charge >= 0.3 is 0 Å². The number of aromatic nitrogens is 2. The van der Waals surface area contributed by atoms with Crippen molar-refractivity contribution in [3.05, 3.63) is 46.8 Å². The first-order valence-electron chi connectivity index (χ1n) is 7.97. The lowest BCUT2D eigenvalue weighted by Crippen LogP contribution is -2.16. The minimum atomic E-state index is -2.79. The van der Waals surface area contributed by atoms with Crippen molar-refractivity contribution in [1.29, 1.82) is 0 Å². The molecule has 128 valence electrons. The third-order valence-corrected chi connectivity index (χ3v) is 4.70. The lowest BCUT2D eigenvalue weighted by atomic mass is 9.86. The number of amides is 1. The molecule has 4 nitrogen and oxygen atoms in total. The van der Waals surface area contributed by atoms with Crippen LogP contribution in [-0.4, -0.2) is 15.7 Å². The zero-order valence-corrected chi connectivity index (χ0v) is 14.2. The lowest BCUT2D eigenvalue weighted by molar-refractivity contribution is 0.101. The van der Waals surface area contributed by atoms with Crippen molar-refractivity contribution in [2.75, 3.05) is 5.32 Å². The average molecular weight is 333 g/mol. The molecular weight excluding hydrogens is 312 g/mol. The summed E-state index contributed by atoms with van der Waals surface area (Å²) >= 11 is 0. The number of hydrogen-bond acceptors (Lipinski definition) is 2. The van der Waals surface area contributed by atoms with Crippen molar-refractivity contribution in [1.82, 2.24) is 9.78 Å². The predicted molar refractivity (Wildman–Crippen MR) is 88.6 cm³/mol. The highest BCUT2D eigenvalue weighted by Crippen LogP contribution is 2.48. The Morgan fingerprint density at radius 3 is 2.79 bits per heavy atom. The van der Waals surface area contributed by atoms with Gasteiger partial charge in [-0.05, 0) is 34.9 Å². The summed E-state index contributed by atoms with van der Waals surface area (Å²) in [4.78, 5) is 12.5. The number of nitrogens with zero attached hydrogens (tertiary/aromatic N) is 2. The van der Waals surface area contributed by atoms with E-state index in [0.717, 1.165) is 12.0 Å². The Hall–Kier alpha value is -2.24. The van der Waals surface area contributed by atoms with Crippen LogP contribution in [0.15, 0.2) is 24.4 Å². The molecule has 0 unspecified atom stereocenters. The van der Waals surface area contributed by atoms with Crippen LogP contribution in [0.25, 0.3) is 0 Å². The summed E-state index contributed by atoms with van der Waals surface area (Å²) in [5, 5.41) is 6.50. The van der Waals surface area contributed by atoms with Crippen LogP contribution in [0, 0.1) is 0 Å². The maximum atomic E-state index is 13.1. The second-order valence-corrected chi connectivity index (χ2v) is 7.11. The van der Waals surface area contributed by atoms with Gasteiger partial charge in [-0.1, -0.05) is 32.9 Å². The molecule has 1 N–H and O–H groups in total. The number of nitrogens with one attached hydrogen (secondary N) is 1. The van der Waals surface area contributed by atoms with Gasteiger partial charge in [0.05, 0.1) is 5.56 Å². The lowest BCUT2D eigenvalue weighted by Gasteiger charge is -2.19. The van der Waals surface area contributed by atoms with Crippen molar-refractivity contribution in [3.63, 3.8) is 0 Å². The Labute approximate surface area is 139 Å². The average Bonchev–Trinajstić information content (AvgIpc) is 2.98. The highest BCUT2D eigenvalue weighted by Gasteiger charge is 2.36. The van der Waals surface area contributed by atoms with Crippen LogP contribution < -0.4 is 5.32 Å². The van der Waals surface area contributed by atoms with Gasteiger partial charge in [0.25, 0.3) is 12.3 Å². The fourth-order valence-corrected chi connectivity index (χ4v) is 3.80.